The van der Waals surface area contributed by atoms with Gasteiger partial charge < -0.3 is 5.32 Å². The molecule has 2 fully saturated rings. The zero-order valence-electron chi connectivity index (χ0n) is 10.8. The third kappa shape index (κ3) is 4.23. The maximum absolute atomic E-state index is 12.0. The van der Waals surface area contributed by atoms with Crippen LogP contribution in [-0.2, 0) is 10.0 Å². The Balaban J connectivity index is 1.71. The monoisotopic (exact) mass is 260 g/mol. The van der Waals surface area contributed by atoms with Gasteiger partial charge in [-0.3, -0.25) is 0 Å². The molecular weight excluding hydrogens is 236 g/mol. The summed E-state index contributed by atoms with van der Waals surface area (Å²) in [5, 5.41) is 2.93. The summed E-state index contributed by atoms with van der Waals surface area (Å²) in [6.07, 6.45) is 4.92. The van der Waals surface area contributed by atoms with Gasteiger partial charge in [0.05, 0.1) is 5.25 Å². The van der Waals surface area contributed by atoms with E-state index in [1.54, 1.807) is 6.92 Å². The van der Waals surface area contributed by atoms with Gasteiger partial charge >= 0.3 is 0 Å². The van der Waals surface area contributed by atoms with E-state index in [9.17, 15) is 8.42 Å². The normalized spacial score (nSPS) is 24.6. The lowest BCUT2D eigenvalue weighted by atomic mass is 10.1. The van der Waals surface area contributed by atoms with Crippen LogP contribution in [0, 0.1) is 11.8 Å². The van der Waals surface area contributed by atoms with Crippen molar-refractivity contribution in [2.75, 3.05) is 13.1 Å². The molecule has 2 saturated carbocycles. The lowest BCUT2D eigenvalue weighted by Gasteiger charge is -2.17. The molecule has 2 unspecified atom stereocenters. The largest absolute Gasteiger partial charge is 0.313 e. The van der Waals surface area contributed by atoms with Crippen LogP contribution in [0.15, 0.2) is 0 Å². The van der Waals surface area contributed by atoms with Crippen molar-refractivity contribution in [1.82, 2.24) is 10.0 Å². The van der Waals surface area contributed by atoms with Crippen molar-refractivity contribution < 1.29 is 8.42 Å². The van der Waals surface area contributed by atoms with Crippen molar-refractivity contribution in [3.05, 3.63) is 0 Å². The Morgan fingerprint density at radius 1 is 1.12 bits per heavy atom. The van der Waals surface area contributed by atoms with Crippen LogP contribution in [0.4, 0.5) is 0 Å². The molecule has 0 aliphatic heterocycles. The fraction of sp³-hybridized carbons (Fsp3) is 1.00. The molecule has 2 rings (SSSR count). The van der Waals surface area contributed by atoms with Crippen LogP contribution < -0.4 is 10.0 Å². The summed E-state index contributed by atoms with van der Waals surface area (Å²) in [6.45, 7) is 5.07. The molecule has 0 heterocycles. The zero-order valence-corrected chi connectivity index (χ0v) is 11.6. The zero-order chi connectivity index (χ0) is 12.5. The molecule has 2 aliphatic rings. The molecule has 5 heteroatoms. The van der Waals surface area contributed by atoms with Crippen molar-refractivity contribution in [1.29, 1.82) is 0 Å². The van der Waals surface area contributed by atoms with Gasteiger partial charge in [0.1, 0.15) is 0 Å². The van der Waals surface area contributed by atoms with Crippen LogP contribution >= 0.6 is 0 Å². The van der Waals surface area contributed by atoms with Crippen molar-refractivity contribution >= 4 is 10.0 Å². The molecule has 0 bridgehead atoms. The number of rotatable bonds is 8. The number of hydrogen-bond acceptors (Lipinski definition) is 3. The van der Waals surface area contributed by atoms with Crippen LogP contribution in [0.1, 0.15) is 39.5 Å². The lowest BCUT2D eigenvalue weighted by Crippen LogP contribution is -2.41. The van der Waals surface area contributed by atoms with E-state index in [1.165, 1.54) is 25.7 Å². The second kappa shape index (κ2) is 5.24. The number of nitrogens with one attached hydrogen (secondary N) is 2. The summed E-state index contributed by atoms with van der Waals surface area (Å²) in [6, 6.07) is 0.568. The van der Waals surface area contributed by atoms with Crippen LogP contribution in [0.25, 0.3) is 0 Å². The molecule has 0 spiro atoms. The predicted molar refractivity (Wildman–Crippen MR) is 69.3 cm³/mol. The van der Waals surface area contributed by atoms with Crippen molar-refractivity contribution in [3.63, 3.8) is 0 Å². The smallest absolute Gasteiger partial charge is 0.215 e. The highest BCUT2D eigenvalue weighted by Crippen LogP contribution is 2.36. The molecule has 17 heavy (non-hydrogen) atoms. The van der Waals surface area contributed by atoms with E-state index in [2.05, 4.69) is 17.0 Å². The second-order valence-electron chi connectivity index (χ2n) is 5.70. The van der Waals surface area contributed by atoms with E-state index in [4.69, 9.17) is 0 Å². The summed E-state index contributed by atoms with van der Waals surface area (Å²) < 4.78 is 26.7. The maximum atomic E-state index is 12.0. The third-order valence-corrected chi connectivity index (χ3v) is 5.63. The SMILES string of the molecule is CC(CNS(=O)(=O)C(C)CNC1CC1)C1CC1. The third-order valence-electron chi connectivity index (χ3n) is 3.83. The highest BCUT2D eigenvalue weighted by Gasteiger charge is 2.30. The Kier molecular flexibility index (Phi) is 4.10. The minimum absolute atomic E-state index is 0.338. The molecular formula is C12H24N2O2S. The first kappa shape index (κ1) is 13.3. The molecule has 0 saturated heterocycles. The molecule has 2 N–H and O–H groups in total. The molecule has 2 aliphatic carbocycles. The average Bonchev–Trinajstić information content (AvgIpc) is 3.15. The van der Waals surface area contributed by atoms with Gasteiger partial charge in [0.2, 0.25) is 10.0 Å². The van der Waals surface area contributed by atoms with E-state index in [-0.39, 0.29) is 5.25 Å². The van der Waals surface area contributed by atoms with E-state index in [0.29, 0.717) is 25.0 Å². The highest BCUT2D eigenvalue weighted by atomic mass is 32.2. The van der Waals surface area contributed by atoms with Crippen LogP contribution in [0.5, 0.6) is 0 Å². The van der Waals surface area contributed by atoms with Gasteiger partial charge in [0.25, 0.3) is 0 Å². The van der Waals surface area contributed by atoms with Crippen molar-refractivity contribution in [2.24, 2.45) is 11.8 Å². The number of hydrogen-bond donors (Lipinski definition) is 2. The molecule has 0 radical (unpaired) electrons. The summed E-state index contributed by atoms with van der Waals surface area (Å²) in [7, 11) is -3.14. The van der Waals surface area contributed by atoms with E-state index in [1.807, 2.05) is 0 Å². The highest BCUT2D eigenvalue weighted by molar-refractivity contribution is 7.90. The van der Waals surface area contributed by atoms with E-state index >= 15 is 0 Å². The Labute approximate surface area is 105 Å². The first-order chi connectivity index (χ1) is 7.99. The van der Waals surface area contributed by atoms with Crippen LogP contribution in [0.3, 0.4) is 0 Å². The Morgan fingerprint density at radius 3 is 2.29 bits per heavy atom. The Hall–Kier alpha value is -0.130. The Morgan fingerprint density at radius 2 is 1.76 bits per heavy atom. The van der Waals surface area contributed by atoms with Gasteiger partial charge in [-0.05, 0) is 44.4 Å². The molecule has 0 amide bonds. The van der Waals surface area contributed by atoms with Gasteiger partial charge in [-0.2, -0.15) is 0 Å². The minimum atomic E-state index is -3.14. The predicted octanol–water partition coefficient (Wildman–Crippen LogP) is 1.09. The molecule has 2 atom stereocenters. The van der Waals surface area contributed by atoms with Gasteiger partial charge in [-0.15, -0.1) is 0 Å². The van der Waals surface area contributed by atoms with Crippen LogP contribution in [-0.4, -0.2) is 32.8 Å². The summed E-state index contributed by atoms with van der Waals surface area (Å²) in [5.74, 6) is 1.23. The molecule has 100 valence electrons. The minimum Gasteiger partial charge on any atom is -0.313 e. The fourth-order valence-corrected chi connectivity index (χ4v) is 3.05. The molecule has 0 aromatic carbocycles. The first-order valence-corrected chi connectivity index (χ1v) is 8.25. The maximum Gasteiger partial charge on any atom is 0.215 e. The first-order valence-electron chi connectivity index (χ1n) is 6.71. The van der Waals surface area contributed by atoms with Gasteiger partial charge in [-0.25, -0.2) is 13.1 Å². The van der Waals surface area contributed by atoms with Crippen LogP contribution in [0.2, 0.25) is 0 Å². The summed E-state index contributed by atoms with van der Waals surface area (Å²) in [5.41, 5.74) is 0. The molecule has 0 aromatic heterocycles. The van der Waals surface area contributed by atoms with E-state index < -0.39 is 10.0 Å². The molecule has 0 aromatic rings. The van der Waals surface area contributed by atoms with Gasteiger partial charge in [0, 0.05) is 19.1 Å². The number of sulfonamides is 1. The fourth-order valence-electron chi connectivity index (χ4n) is 1.95. The average molecular weight is 260 g/mol. The topological polar surface area (TPSA) is 58.2 Å². The standard InChI is InChI=1S/C12H24N2O2S/c1-9(11-3-4-11)7-14-17(15,16)10(2)8-13-12-5-6-12/h9-14H,3-8H2,1-2H3. The molecule has 4 nitrogen and oxygen atoms in total. The van der Waals surface area contributed by atoms with Gasteiger partial charge in [-0.1, -0.05) is 6.92 Å². The quantitative estimate of drug-likeness (QED) is 0.687. The summed E-state index contributed by atoms with van der Waals surface area (Å²) in [4.78, 5) is 0. The lowest BCUT2D eigenvalue weighted by molar-refractivity contribution is 0.487. The summed E-state index contributed by atoms with van der Waals surface area (Å²) >= 11 is 0. The van der Waals surface area contributed by atoms with E-state index in [0.717, 1.165) is 5.92 Å². The second-order valence-corrected chi connectivity index (χ2v) is 7.88. The van der Waals surface area contributed by atoms with Crippen molar-refractivity contribution in [3.8, 4) is 0 Å². The van der Waals surface area contributed by atoms with Crippen molar-refractivity contribution in [2.45, 2.75) is 50.8 Å². The van der Waals surface area contributed by atoms with Gasteiger partial charge in [0.15, 0.2) is 0 Å². The Bertz CT molecular complexity index is 348.